The maximum atomic E-state index is 2.65. The van der Waals surface area contributed by atoms with Crippen molar-refractivity contribution in [3.63, 3.8) is 0 Å². The highest BCUT2D eigenvalue weighted by Gasteiger charge is 2.43. The minimum absolute atomic E-state index is 0.218. The van der Waals surface area contributed by atoms with Crippen molar-refractivity contribution in [2.45, 2.75) is 144 Å². The van der Waals surface area contributed by atoms with Crippen LogP contribution in [0.4, 0.5) is 0 Å². The van der Waals surface area contributed by atoms with Gasteiger partial charge < -0.3 is 9.80 Å². The monoisotopic (exact) mass is 498 g/mol. The van der Waals surface area contributed by atoms with Gasteiger partial charge in [-0.1, -0.05) is 12.2 Å². The third kappa shape index (κ3) is 6.45. The third-order valence-electron chi connectivity index (χ3n) is 8.04. The number of hydrogen-bond donors (Lipinski definition) is 0. The topological polar surface area (TPSA) is 12.5 Å². The van der Waals surface area contributed by atoms with Gasteiger partial charge in [0, 0.05) is 49.9 Å². The summed E-state index contributed by atoms with van der Waals surface area (Å²) in [6.07, 6.45) is 12.4. The van der Waals surface area contributed by atoms with Crippen LogP contribution in [-0.4, -0.2) is 78.7 Å². The van der Waals surface area contributed by atoms with Crippen LogP contribution >= 0.6 is 0 Å². The van der Waals surface area contributed by atoms with Crippen LogP contribution in [0.25, 0.3) is 0 Å². The molecule has 204 valence electrons. The summed E-state index contributed by atoms with van der Waals surface area (Å²) in [6, 6.07) is 0. The van der Waals surface area contributed by atoms with Crippen LogP contribution in [-0.2, 0) is 0 Å². The molecule has 0 aliphatic carbocycles. The molecule has 4 nitrogen and oxygen atoms in total. The molecule has 0 amide bonds. The molecule has 0 atom stereocenters. The Balaban J connectivity index is 0.000000201. The van der Waals surface area contributed by atoms with Crippen molar-refractivity contribution in [2.24, 2.45) is 0 Å². The maximum Gasteiger partial charge on any atom is 0.243 e. The Morgan fingerprint density at radius 2 is 0.889 bits per heavy atom. The van der Waals surface area contributed by atoms with Gasteiger partial charge in [-0.05, 0) is 95.9 Å². The molecule has 0 bridgehead atoms. The summed E-state index contributed by atoms with van der Waals surface area (Å²) < 4.78 is 5.29. The van der Waals surface area contributed by atoms with E-state index in [-0.39, 0.29) is 22.2 Å². The predicted molar refractivity (Wildman–Crippen MR) is 157 cm³/mol. The molecule has 4 aliphatic rings. The Hall–Kier alpha value is -1.58. The first-order valence-electron chi connectivity index (χ1n) is 14.7. The Morgan fingerprint density at radius 1 is 0.556 bits per heavy atom. The lowest BCUT2D eigenvalue weighted by atomic mass is 10.0. The first-order chi connectivity index (χ1) is 16.4. The van der Waals surface area contributed by atoms with Crippen LogP contribution in [0.15, 0.2) is 23.5 Å². The van der Waals surface area contributed by atoms with Gasteiger partial charge >= 0.3 is 0 Å². The molecule has 0 unspecified atom stereocenters. The van der Waals surface area contributed by atoms with Crippen LogP contribution < -0.4 is 0 Å². The Morgan fingerprint density at radius 3 is 1.17 bits per heavy atom. The van der Waals surface area contributed by atoms with Crippen LogP contribution in [0, 0.1) is 0 Å². The molecule has 0 fully saturated rings. The smallest absolute Gasteiger partial charge is 0.243 e. The quantitative estimate of drug-likeness (QED) is 0.386. The average molecular weight is 499 g/mol. The molecule has 0 aromatic heterocycles. The average Bonchev–Trinajstić information content (AvgIpc) is 3.52. The van der Waals surface area contributed by atoms with Gasteiger partial charge in [0.2, 0.25) is 11.4 Å². The normalized spacial score (nSPS) is 21.9. The summed E-state index contributed by atoms with van der Waals surface area (Å²) in [5.74, 6) is 0. The van der Waals surface area contributed by atoms with Crippen molar-refractivity contribution < 1.29 is 9.15 Å². The molecular formula is C32H58N4+2. The minimum atomic E-state index is 0.218. The Kier molecular flexibility index (Phi) is 8.29. The SMILES string of the molecule is CC(C)(C)N1CCC=C1C1=CCCN1C(C)(C)C.CC(C)(C)[N+]1=C(C2=[N+](C(C)(C)C)CCC2)CCC1. The van der Waals surface area contributed by atoms with E-state index in [1.165, 1.54) is 63.0 Å². The highest BCUT2D eigenvalue weighted by atomic mass is 15.3. The molecule has 4 heteroatoms. The highest BCUT2D eigenvalue weighted by Crippen LogP contribution is 2.37. The van der Waals surface area contributed by atoms with E-state index in [1.807, 2.05) is 0 Å². The lowest BCUT2D eigenvalue weighted by molar-refractivity contribution is -0.601. The summed E-state index contributed by atoms with van der Waals surface area (Å²) >= 11 is 0. The van der Waals surface area contributed by atoms with Crippen molar-refractivity contribution in [3.8, 4) is 0 Å². The van der Waals surface area contributed by atoms with E-state index in [2.05, 4.69) is 114 Å². The van der Waals surface area contributed by atoms with Crippen molar-refractivity contribution in [2.75, 3.05) is 26.2 Å². The van der Waals surface area contributed by atoms with Crippen LogP contribution in [0.3, 0.4) is 0 Å². The van der Waals surface area contributed by atoms with Gasteiger partial charge in [-0.25, -0.2) is 9.15 Å². The van der Waals surface area contributed by atoms with E-state index in [9.17, 15) is 0 Å². The summed E-state index contributed by atoms with van der Waals surface area (Å²) in [5, 5.41) is 0. The molecule has 4 rings (SSSR count). The molecule has 4 heterocycles. The molecule has 0 saturated heterocycles. The van der Waals surface area contributed by atoms with Crippen LogP contribution in [0.1, 0.15) is 122 Å². The Labute approximate surface area is 223 Å². The highest BCUT2D eigenvalue weighted by molar-refractivity contribution is 6.38. The van der Waals surface area contributed by atoms with Crippen molar-refractivity contribution in [3.05, 3.63) is 23.5 Å². The standard InChI is InChI=1S/C16H30N2.C16H28N2/c2*1-15(2,3)17-11-7-9-13(17)14-10-8-12-18(14)16(4,5)6/h7-12H2,1-6H3;9-10H,7-8,11-12H2,1-6H3/q+2;. The van der Waals surface area contributed by atoms with Gasteiger partial charge in [-0.3, -0.25) is 0 Å². The van der Waals surface area contributed by atoms with Gasteiger partial charge in [0.25, 0.3) is 0 Å². The second-order valence-corrected chi connectivity index (χ2v) is 15.1. The number of nitrogens with zero attached hydrogens (tertiary/aromatic N) is 4. The summed E-state index contributed by atoms with van der Waals surface area (Å²) in [7, 11) is 0. The van der Waals surface area contributed by atoms with E-state index >= 15 is 0 Å². The fraction of sp³-hybridized carbons (Fsp3) is 0.812. The van der Waals surface area contributed by atoms with Crippen molar-refractivity contribution in [1.82, 2.24) is 9.80 Å². The fourth-order valence-electron chi connectivity index (χ4n) is 6.43. The van der Waals surface area contributed by atoms with Gasteiger partial charge in [0.15, 0.2) is 11.1 Å². The molecule has 4 aliphatic heterocycles. The van der Waals surface area contributed by atoms with E-state index in [0.29, 0.717) is 0 Å². The second kappa shape index (κ2) is 10.3. The fourth-order valence-corrected chi connectivity index (χ4v) is 6.43. The van der Waals surface area contributed by atoms with Crippen molar-refractivity contribution >= 4 is 11.4 Å². The molecule has 0 saturated carbocycles. The van der Waals surface area contributed by atoms with E-state index < -0.39 is 0 Å². The van der Waals surface area contributed by atoms with Gasteiger partial charge in [0.1, 0.15) is 13.1 Å². The van der Waals surface area contributed by atoms with E-state index in [1.54, 1.807) is 11.4 Å². The molecule has 0 N–H and O–H groups in total. The summed E-state index contributed by atoms with van der Waals surface area (Å²) in [5.41, 5.74) is 7.15. The minimum Gasteiger partial charge on any atom is -0.365 e. The third-order valence-corrected chi connectivity index (χ3v) is 8.04. The van der Waals surface area contributed by atoms with Crippen molar-refractivity contribution in [1.29, 1.82) is 0 Å². The summed E-state index contributed by atoms with van der Waals surface area (Å²) in [4.78, 5) is 5.12. The summed E-state index contributed by atoms with van der Waals surface area (Å²) in [6.45, 7) is 32.7. The van der Waals surface area contributed by atoms with E-state index in [4.69, 9.17) is 0 Å². The zero-order chi connectivity index (χ0) is 27.1. The lowest BCUT2D eigenvalue weighted by Crippen LogP contribution is -2.44. The molecule has 0 radical (unpaired) electrons. The zero-order valence-electron chi connectivity index (χ0n) is 26.0. The van der Waals surface area contributed by atoms with Gasteiger partial charge in [0.05, 0.1) is 11.4 Å². The Bertz CT molecular complexity index is 855. The maximum absolute atomic E-state index is 2.65. The van der Waals surface area contributed by atoms with Gasteiger partial charge in [-0.15, -0.1) is 0 Å². The molecule has 0 aromatic rings. The second-order valence-electron chi connectivity index (χ2n) is 15.1. The van der Waals surface area contributed by atoms with E-state index in [0.717, 1.165) is 13.1 Å². The lowest BCUT2D eigenvalue weighted by Gasteiger charge is -2.42. The molecular weight excluding hydrogens is 440 g/mol. The van der Waals surface area contributed by atoms with Crippen LogP contribution in [0.2, 0.25) is 0 Å². The molecule has 36 heavy (non-hydrogen) atoms. The number of rotatable bonds is 2. The molecule has 0 aromatic carbocycles. The largest absolute Gasteiger partial charge is 0.365 e. The predicted octanol–water partition coefficient (Wildman–Crippen LogP) is 6.84. The molecule has 0 spiro atoms. The number of hydrogen-bond acceptors (Lipinski definition) is 2. The zero-order valence-corrected chi connectivity index (χ0v) is 26.0. The first-order valence-corrected chi connectivity index (χ1v) is 14.7. The first kappa shape index (κ1) is 29.0. The van der Waals surface area contributed by atoms with Gasteiger partial charge in [-0.2, -0.15) is 0 Å². The van der Waals surface area contributed by atoms with Crippen LogP contribution in [0.5, 0.6) is 0 Å².